The van der Waals surface area contributed by atoms with E-state index < -0.39 is 0 Å². The molecule has 2 heteroatoms. The summed E-state index contributed by atoms with van der Waals surface area (Å²) in [4.78, 5) is 2.43. The summed E-state index contributed by atoms with van der Waals surface area (Å²) in [5.41, 5.74) is 7.42. The summed E-state index contributed by atoms with van der Waals surface area (Å²) in [6.07, 6.45) is 2.34. The van der Waals surface area contributed by atoms with Crippen LogP contribution in [-0.2, 0) is 6.42 Å². The number of aryl methyl sites for hydroxylation is 1. The van der Waals surface area contributed by atoms with Crippen molar-refractivity contribution in [3.63, 3.8) is 0 Å². The minimum absolute atomic E-state index is 0.204. The minimum atomic E-state index is 0.204. The van der Waals surface area contributed by atoms with E-state index in [1.807, 2.05) is 0 Å². The van der Waals surface area contributed by atoms with Crippen LogP contribution in [0.1, 0.15) is 32.8 Å². The Morgan fingerprint density at radius 3 is 2.39 bits per heavy atom. The van der Waals surface area contributed by atoms with Gasteiger partial charge in [0.05, 0.1) is 0 Å². The van der Waals surface area contributed by atoms with Crippen molar-refractivity contribution in [3.8, 4) is 0 Å². The van der Waals surface area contributed by atoms with Crippen LogP contribution in [0.25, 0.3) is 0 Å². The van der Waals surface area contributed by atoms with Gasteiger partial charge in [0.25, 0.3) is 0 Å². The van der Waals surface area contributed by atoms with Crippen LogP contribution in [0.15, 0.2) is 30.3 Å². The molecule has 0 aliphatic carbocycles. The van der Waals surface area contributed by atoms with Gasteiger partial charge in [0.2, 0.25) is 0 Å². The van der Waals surface area contributed by atoms with Gasteiger partial charge in [0.15, 0.2) is 0 Å². The number of rotatable bonds is 7. The molecule has 0 aliphatic rings. The van der Waals surface area contributed by atoms with E-state index in [1.54, 1.807) is 0 Å². The third kappa shape index (κ3) is 5.19. The second kappa shape index (κ2) is 6.91. The zero-order valence-corrected chi connectivity index (χ0v) is 12.3. The van der Waals surface area contributed by atoms with Gasteiger partial charge < -0.3 is 10.6 Å². The number of nitrogens with zero attached hydrogens (tertiary/aromatic N) is 1. The van der Waals surface area contributed by atoms with Crippen LogP contribution in [-0.4, -0.2) is 31.1 Å². The molecular weight excluding hydrogens is 220 g/mol. The summed E-state index contributed by atoms with van der Waals surface area (Å²) < 4.78 is 0. The molecule has 18 heavy (non-hydrogen) atoms. The average molecular weight is 248 g/mol. The molecule has 0 heterocycles. The second-order valence-electron chi connectivity index (χ2n) is 6.16. The fourth-order valence-corrected chi connectivity index (χ4v) is 2.14. The molecule has 0 saturated carbocycles. The molecule has 0 aromatic heterocycles. The maximum Gasteiger partial charge on any atom is 0.00672 e. The Bertz CT molecular complexity index is 332. The Balaban J connectivity index is 2.38. The first kappa shape index (κ1) is 15.2. The van der Waals surface area contributed by atoms with E-state index in [-0.39, 0.29) is 5.41 Å². The van der Waals surface area contributed by atoms with Crippen molar-refractivity contribution in [2.24, 2.45) is 11.1 Å². The van der Waals surface area contributed by atoms with Gasteiger partial charge in [0.1, 0.15) is 0 Å². The molecule has 1 aromatic carbocycles. The summed E-state index contributed by atoms with van der Waals surface area (Å²) in [6, 6.07) is 11.3. The standard InChI is InChI=1S/C16H28N2/c1-14(18(4)13-16(2,3)12-17)10-11-15-8-6-5-7-9-15/h5-9,14H,10-13,17H2,1-4H3. The quantitative estimate of drug-likeness (QED) is 0.804. The zero-order chi connectivity index (χ0) is 13.6. The molecule has 102 valence electrons. The van der Waals surface area contributed by atoms with Crippen molar-refractivity contribution in [3.05, 3.63) is 35.9 Å². The fourth-order valence-electron chi connectivity index (χ4n) is 2.14. The molecule has 0 bridgehead atoms. The molecule has 1 atom stereocenters. The van der Waals surface area contributed by atoms with E-state index in [2.05, 4.69) is 63.1 Å². The monoisotopic (exact) mass is 248 g/mol. The van der Waals surface area contributed by atoms with E-state index >= 15 is 0 Å². The predicted octanol–water partition coefficient (Wildman–Crippen LogP) is 2.92. The Hall–Kier alpha value is -0.860. The Kier molecular flexibility index (Phi) is 5.83. The molecule has 0 amide bonds. The summed E-state index contributed by atoms with van der Waals surface area (Å²) in [5.74, 6) is 0. The van der Waals surface area contributed by atoms with Gasteiger partial charge in [-0.1, -0.05) is 44.2 Å². The largest absolute Gasteiger partial charge is 0.330 e. The van der Waals surface area contributed by atoms with Crippen molar-refractivity contribution in [1.29, 1.82) is 0 Å². The van der Waals surface area contributed by atoms with E-state index in [0.717, 1.165) is 19.5 Å². The van der Waals surface area contributed by atoms with Crippen molar-refractivity contribution >= 4 is 0 Å². The molecule has 0 radical (unpaired) electrons. The molecule has 0 saturated heterocycles. The molecular formula is C16H28N2. The highest BCUT2D eigenvalue weighted by molar-refractivity contribution is 5.14. The third-order valence-electron chi connectivity index (χ3n) is 3.68. The molecule has 0 fully saturated rings. The first-order valence-electron chi connectivity index (χ1n) is 6.89. The van der Waals surface area contributed by atoms with Crippen molar-refractivity contribution < 1.29 is 0 Å². The lowest BCUT2D eigenvalue weighted by Crippen LogP contribution is -2.41. The first-order chi connectivity index (χ1) is 8.44. The van der Waals surface area contributed by atoms with Crippen LogP contribution >= 0.6 is 0 Å². The van der Waals surface area contributed by atoms with Crippen LogP contribution < -0.4 is 5.73 Å². The molecule has 2 N–H and O–H groups in total. The van der Waals surface area contributed by atoms with Crippen LogP contribution in [0.2, 0.25) is 0 Å². The van der Waals surface area contributed by atoms with Crippen molar-refractivity contribution in [2.75, 3.05) is 20.1 Å². The Morgan fingerprint density at radius 2 is 1.83 bits per heavy atom. The predicted molar refractivity (Wildman–Crippen MR) is 79.7 cm³/mol. The number of hydrogen-bond donors (Lipinski definition) is 1. The molecule has 1 rings (SSSR count). The number of benzene rings is 1. The molecule has 2 nitrogen and oxygen atoms in total. The van der Waals surface area contributed by atoms with Gasteiger partial charge in [-0.2, -0.15) is 0 Å². The maximum absolute atomic E-state index is 5.79. The van der Waals surface area contributed by atoms with Crippen LogP contribution in [0.4, 0.5) is 0 Å². The topological polar surface area (TPSA) is 29.3 Å². The molecule has 0 aliphatic heterocycles. The molecule has 1 unspecified atom stereocenters. The van der Waals surface area contributed by atoms with Crippen LogP contribution in [0.3, 0.4) is 0 Å². The van der Waals surface area contributed by atoms with Crippen molar-refractivity contribution in [1.82, 2.24) is 4.90 Å². The Morgan fingerprint density at radius 1 is 1.22 bits per heavy atom. The highest BCUT2D eigenvalue weighted by Crippen LogP contribution is 2.17. The van der Waals surface area contributed by atoms with Gasteiger partial charge in [-0.25, -0.2) is 0 Å². The van der Waals surface area contributed by atoms with Gasteiger partial charge >= 0.3 is 0 Å². The Labute approximate surface area is 112 Å². The SMILES string of the molecule is CC(CCc1ccccc1)N(C)CC(C)(C)CN. The van der Waals surface area contributed by atoms with E-state index in [4.69, 9.17) is 5.73 Å². The van der Waals surface area contributed by atoms with Gasteiger partial charge in [-0.3, -0.25) is 0 Å². The molecule has 0 spiro atoms. The summed E-state index contributed by atoms with van der Waals surface area (Å²) in [7, 11) is 2.20. The summed E-state index contributed by atoms with van der Waals surface area (Å²) in [5, 5.41) is 0. The summed E-state index contributed by atoms with van der Waals surface area (Å²) in [6.45, 7) is 8.55. The highest BCUT2D eigenvalue weighted by atomic mass is 15.1. The highest BCUT2D eigenvalue weighted by Gasteiger charge is 2.20. The van der Waals surface area contributed by atoms with Crippen LogP contribution in [0.5, 0.6) is 0 Å². The lowest BCUT2D eigenvalue weighted by atomic mass is 9.92. The van der Waals surface area contributed by atoms with E-state index in [0.29, 0.717) is 6.04 Å². The first-order valence-corrected chi connectivity index (χ1v) is 6.89. The summed E-state index contributed by atoms with van der Waals surface area (Å²) >= 11 is 0. The van der Waals surface area contributed by atoms with Gasteiger partial charge in [-0.05, 0) is 44.3 Å². The zero-order valence-electron chi connectivity index (χ0n) is 12.3. The third-order valence-corrected chi connectivity index (χ3v) is 3.68. The van der Waals surface area contributed by atoms with Gasteiger partial charge in [0, 0.05) is 12.6 Å². The number of hydrogen-bond acceptors (Lipinski definition) is 2. The normalized spacial score (nSPS) is 13.9. The fraction of sp³-hybridized carbons (Fsp3) is 0.625. The smallest absolute Gasteiger partial charge is 0.00672 e. The maximum atomic E-state index is 5.79. The van der Waals surface area contributed by atoms with Crippen LogP contribution in [0, 0.1) is 5.41 Å². The lowest BCUT2D eigenvalue weighted by molar-refractivity contribution is 0.167. The lowest BCUT2D eigenvalue weighted by Gasteiger charge is -2.33. The van der Waals surface area contributed by atoms with Gasteiger partial charge in [-0.15, -0.1) is 0 Å². The second-order valence-corrected chi connectivity index (χ2v) is 6.16. The molecule has 1 aromatic rings. The average Bonchev–Trinajstić information content (AvgIpc) is 2.36. The number of nitrogens with two attached hydrogens (primary N) is 1. The van der Waals surface area contributed by atoms with E-state index in [9.17, 15) is 0 Å². The van der Waals surface area contributed by atoms with Crippen molar-refractivity contribution in [2.45, 2.75) is 39.7 Å². The minimum Gasteiger partial charge on any atom is -0.330 e. The van der Waals surface area contributed by atoms with E-state index in [1.165, 1.54) is 12.0 Å².